The average Bonchev–Trinajstić information content (AvgIpc) is 2.73. The maximum atomic E-state index is 13.7. The number of benzene rings is 1. The lowest BCUT2D eigenvalue weighted by Gasteiger charge is -2.48. The minimum absolute atomic E-state index is 0.191. The molecule has 1 spiro atoms. The van der Waals surface area contributed by atoms with E-state index in [0.717, 1.165) is 5.41 Å². The van der Waals surface area contributed by atoms with Crippen molar-refractivity contribution in [3.05, 3.63) is 41.2 Å². The summed E-state index contributed by atoms with van der Waals surface area (Å²) in [5.74, 6) is -0.531. The molecule has 7 nitrogen and oxygen atoms in total. The second-order valence-corrected chi connectivity index (χ2v) is 8.01. The number of amides is 1. The van der Waals surface area contributed by atoms with Crippen LogP contribution in [0, 0.1) is 5.82 Å². The molecule has 1 aromatic rings. The Morgan fingerprint density at radius 3 is 2.72 bits per heavy atom. The van der Waals surface area contributed by atoms with Crippen LogP contribution in [0.5, 0.6) is 0 Å². The maximum absolute atomic E-state index is 13.7. The number of anilines is 1. The lowest BCUT2D eigenvalue weighted by molar-refractivity contribution is 0.0952. The number of likely N-dealkylation sites (tertiary alicyclic amines) is 1. The van der Waals surface area contributed by atoms with E-state index in [0.29, 0.717) is 5.70 Å². The molecule has 0 unspecified atom stereocenters. The summed E-state index contributed by atoms with van der Waals surface area (Å²) in [5.41, 5.74) is -0.224. The van der Waals surface area contributed by atoms with Crippen molar-refractivity contribution in [2.45, 2.75) is 31.3 Å². The van der Waals surface area contributed by atoms with Crippen molar-refractivity contribution in [2.24, 2.45) is 0 Å². The topological polar surface area (TPSA) is 90.0 Å². The highest BCUT2D eigenvalue weighted by Gasteiger charge is 2.54. The summed E-state index contributed by atoms with van der Waals surface area (Å²) in [7, 11) is -2.18. The molecule has 1 amide bonds. The molecule has 1 fully saturated rings. The highest BCUT2D eigenvalue weighted by molar-refractivity contribution is 7.96. The van der Waals surface area contributed by atoms with E-state index < -0.39 is 27.5 Å². The zero-order valence-electron chi connectivity index (χ0n) is 13.9. The molecule has 0 saturated carbocycles. The van der Waals surface area contributed by atoms with Crippen LogP contribution in [-0.2, 0) is 10.0 Å². The van der Waals surface area contributed by atoms with Gasteiger partial charge in [0, 0.05) is 19.6 Å². The van der Waals surface area contributed by atoms with Crippen molar-refractivity contribution in [2.75, 3.05) is 17.9 Å². The molecule has 136 valence electrons. The van der Waals surface area contributed by atoms with Gasteiger partial charge in [0.05, 0.1) is 22.3 Å². The molecule has 0 aliphatic carbocycles. The number of nitrogens with one attached hydrogen (secondary N) is 1. The Labute approximate surface area is 145 Å². The summed E-state index contributed by atoms with van der Waals surface area (Å²) in [6.45, 7) is 1.94. The van der Waals surface area contributed by atoms with E-state index in [2.05, 4.69) is 5.32 Å². The molecular formula is C16H20FN3O4S. The molecular weight excluding hydrogens is 349 g/mol. The van der Waals surface area contributed by atoms with Crippen LogP contribution >= 0.6 is 0 Å². The molecule has 2 heterocycles. The first-order chi connectivity index (χ1) is 11.7. The Kier molecular flexibility index (Phi) is 4.14. The zero-order chi connectivity index (χ0) is 18.4. The van der Waals surface area contributed by atoms with Gasteiger partial charge >= 0.3 is 6.09 Å². The third-order valence-corrected chi connectivity index (χ3v) is 6.50. The maximum Gasteiger partial charge on any atom is 0.407 e. The highest BCUT2D eigenvalue weighted by atomic mass is 32.2. The fourth-order valence-corrected chi connectivity index (χ4v) is 5.79. The molecule has 9 heteroatoms. The van der Waals surface area contributed by atoms with Gasteiger partial charge in [-0.2, -0.15) is 0 Å². The van der Waals surface area contributed by atoms with Crippen molar-refractivity contribution >= 4 is 21.8 Å². The predicted molar refractivity (Wildman–Crippen MR) is 91.1 cm³/mol. The van der Waals surface area contributed by atoms with Crippen LogP contribution in [0.2, 0.25) is 0 Å². The number of likely N-dealkylation sites (N-methyl/N-ethyl adjacent to an activating group) is 1. The van der Waals surface area contributed by atoms with Gasteiger partial charge in [-0.05, 0) is 38.0 Å². The zero-order valence-corrected chi connectivity index (χ0v) is 14.8. The summed E-state index contributed by atoms with van der Waals surface area (Å²) in [4.78, 5) is 12.7. The first-order valence-corrected chi connectivity index (χ1v) is 9.42. The average molecular weight is 369 g/mol. The lowest BCUT2D eigenvalue weighted by Crippen LogP contribution is -2.60. The van der Waals surface area contributed by atoms with Crippen LogP contribution < -0.4 is 9.62 Å². The van der Waals surface area contributed by atoms with Crippen molar-refractivity contribution in [1.29, 1.82) is 0 Å². The monoisotopic (exact) mass is 369 g/mol. The van der Waals surface area contributed by atoms with Gasteiger partial charge in [-0.1, -0.05) is 6.07 Å². The second kappa shape index (κ2) is 5.91. The van der Waals surface area contributed by atoms with E-state index in [-0.39, 0.29) is 31.1 Å². The second-order valence-electron chi connectivity index (χ2n) is 6.38. The molecule has 1 aromatic carbocycles. The van der Waals surface area contributed by atoms with Crippen molar-refractivity contribution in [3.8, 4) is 0 Å². The van der Waals surface area contributed by atoms with Crippen molar-refractivity contribution in [1.82, 2.24) is 10.2 Å². The molecule has 3 rings (SSSR count). The minimum atomic E-state index is -3.81. The number of nitrogens with zero attached hydrogens (tertiary/aromatic N) is 2. The number of halogens is 1. The molecule has 2 aliphatic heterocycles. The molecule has 1 saturated heterocycles. The summed E-state index contributed by atoms with van der Waals surface area (Å²) in [6.07, 6.45) is -0.469. The number of carboxylic acid groups (broad SMARTS) is 1. The molecule has 2 aliphatic rings. The number of hydrogen-bond acceptors (Lipinski definition) is 4. The van der Waals surface area contributed by atoms with Gasteiger partial charge < -0.3 is 15.3 Å². The summed E-state index contributed by atoms with van der Waals surface area (Å²) in [5, 5.41) is 13.4. The van der Waals surface area contributed by atoms with Gasteiger partial charge in [-0.3, -0.25) is 4.31 Å². The van der Waals surface area contributed by atoms with E-state index in [9.17, 15) is 22.7 Å². The van der Waals surface area contributed by atoms with Gasteiger partial charge in [0.25, 0.3) is 10.0 Å². The molecule has 0 radical (unpaired) electrons. The number of hydrogen-bond donors (Lipinski definition) is 2. The van der Waals surface area contributed by atoms with Gasteiger partial charge in [0.15, 0.2) is 0 Å². The van der Waals surface area contributed by atoms with Crippen molar-refractivity contribution < 1.29 is 22.7 Å². The van der Waals surface area contributed by atoms with E-state index >= 15 is 0 Å². The minimum Gasteiger partial charge on any atom is -0.465 e. The van der Waals surface area contributed by atoms with Gasteiger partial charge in [0.2, 0.25) is 0 Å². The SMILES string of the molecule is CNC1=CS(=O)(=O)N(c2cccc(F)c2)[C@@]12CCN(C(=O)O)[C@@H](C)C2. The Morgan fingerprint density at radius 1 is 1.44 bits per heavy atom. The Hall–Kier alpha value is -2.29. The third-order valence-electron chi connectivity index (χ3n) is 4.90. The largest absolute Gasteiger partial charge is 0.465 e. The summed E-state index contributed by atoms with van der Waals surface area (Å²) < 4.78 is 40.5. The third kappa shape index (κ3) is 2.72. The van der Waals surface area contributed by atoms with Crippen LogP contribution in [0.25, 0.3) is 0 Å². The van der Waals surface area contributed by atoms with Crippen LogP contribution in [0.3, 0.4) is 0 Å². The molecule has 25 heavy (non-hydrogen) atoms. The van der Waals surface area contributed by atoms with Gasteiger partial charge in [0.1, 0.15) is 5.82 Å². The standard InChI is InChI=1S/C16H20FN3O4S/c1-11-9-16(6-7-19(11)15(21)22)14(18-2)10-25(23,24)20(16)13-5-3-4-12(17)8-13/h3-5,8,10-11,18H,6-7,9H2,1-2H3,(H,21,22)/t11-,16+/m0/s1. The Morgan fingerprint density at radius 2 is 2.16 bits per heavy atom. The first-order valence-electron chi connectivity index (χ1n) is 7.92. The molecule has 2 atom stereocenters. The predicted octanol–water partition coefficient (Wildman–Crippen LogP) is 1.94. The quantitative estimate of drug-likeness (QED) is 0.831. The summed E-state index contributed by atoms with van der Waals surface area (Å²) >= 11 is 0. The number of sulfonamides is 1. The number of carbonyl (C=O) groups is 1. The molecule has 0 aromatic heterocycles. The van der Waals surface area contributed by atoms with Gasteiger partial charge in [-0.25, -0.2) is 17.6 Å². The highest BCUT2D eigenvalue weighted by Crippen LogP contribution is 2.46. The number of rotatable bonds is 2. The Bertz CT molecular complexity index is 842. The fourth-order valence-electron chi connectivity index (χ4n) is 3.89. The Balaban J connectivity index is 2.11. The van der Waals surface area contributed by atoms with Crippen LogP contribution in [-0.4, -0.2) is 49.7 Å². The van der Waals surface area contributed by atoms with Crippen LogP contribution in [0.15, 0.2) is 35.4 Å². The lowest BCUT2D eigenvalue weighted by atomic mass is 9.81. The van der Waals surface area contributed by atoms with E-state index in [1.54, 1.807) is 20.0 Å². The van der Waals surface area contributed by atoms with E-state index in [1.165, 1.54) is 27.4 Å². The van der Waals surface area contributed by atoms with Gasteiger partial charge in [-0.15, -0.1) is 0 Å². The smallest absolute Gasteiger partial charge is 0.407 e. The van der Waals surface area contributed by atoms with E-state index in [4.69, 9.17) is 0 Å². The van der Waals surface area contributed by atoms with Crippen molar-refractivity contribution in [3.63, 3.8) is 0 Å². The van der Waals surface area contributed by atoms with Crippen LogP contribution in [0.4, 0.5) is 14.9 Å². The van der Waals surface area contributed by atoms with Crippen LogP contribution in [0.1, 0.15) is 19.8 Å². The fraction of sp³-hybridized carbons (Fsp3) is 0.438. The molecule has 2 N–H and O–H groups in total. The normalized spacial score (nSPS) is 28.1. The first kappa shape index (κ1) is 17.5. The molecule has 0 bridgehead atoms. The summed E-state index contributed by atoms with van der Waals surface area (Å²) in [6, 6.07) is 5.05. The van der Waals surface area contributed by atoms with E-state index in [1.807, 2.05) is 0 Å². The number of piperidine rings is 1.